The van der Waals surface area contributed by atoms with E-state index in [1.165, 1.54) is 25.1 Å². The van der Waals surface area contributed by atoms with Crippen LogP contribution < -0.4 is 20.3 Å². The minimum atomic E-state index is -0.197. The molecule has 4 aromatic rings. The van der Waals surface area contributed by atoms with E-state index in [0.29, 0.717) is 61.1 Å². The zero-order valence-corrected chi connectivity index (χ0v) is 20.8. The molecule has 10 heteroatoms. The van der Waals surface area contributed by atoms with Crippen LogP contribution in [0.25, 0.3) is 21.9 Å². The van der Waals surface area contributed by atoms with Crippen LogP contribution in [-0.4, -0.2) is 52.4 Å². The van der Waals surface area contributed by atoms with E-state index in [-0.39, 0.29) is 17.9 Å². The first-order valence-electron chi connectivity index (χ1n) is 12.0. The topological polar surface area (TPSA) is 110 Å². The second kappa shape index (κ2) is 11.7. The zero-order chi connectivity index (χ0) is 25.5. The highest BCUT2D eigenvalue weighted by atomic mass is 16.5. The molecule has 0 aliphatic carbocycles. The lowest BCUT2D eigenvalue weighted by atomic mass is 10.2. The van der Waals surface area contributed by atoms with Crippen molar-refractivity contribution < 1.29 is 19.0 Å². The molecular formula is C26H31N5O5. The summed E-state index contributed by atoms with van der Waals surface area (Å²) in [5.74, 6) is 1.33. The molecule has 10 nitrogen and oxygen atoms in total. The van der Waals surface area contributed by atoms with Crippen molar-refractivity contribution in [1.82, 2.24) is 19.1 Å². The number of imidazole rings is 1. The highest BCUT2D eigenvalue weighted by molar-refractivity contribution is 5.91. The SMILES string of the molecule is CCOCCCn1c(NC(=O)CCCn2cnc3cc(OC)c(OC)cc3c2=O)nc2ccccc21. The Morgan fingerprint density at radius 3 is 2.58 bits per heavy atom. The molecule has 0 fully saturated rings. The predicted octanol–water partition coefficient (Wildman–Crippen LogP) is 3.61. The first-order valence-corrected chi connectivity index (χ1v) is 12.0. The third kappa shape index (κ3) is 5.49. The van der Waals surface area contributed by atoms with Crippen LogP contribution in [0.2, 0.25) is 0 Å². The minimum absolute atomic E-state index is 0.162. The average molecular weight is 494 g/mol. The number of nitrogens with zero attached hydrogens (tertiary/aromatic N) is 4. The fourth-order valence-corrected chi connectivity index (χ4v) is 4.11. The Morgan fingerprint density at radius 1 is 1.03 bits per heavy atom. The van der Waals surface area contributed by atoms with Gasteiger partial charge in [-0.05, 0) is 38.0 Å². The van der Waals surface area contributed by atoms with Crippen LogP contribution in [-0.2, 0) is 22.6 Å². The second-order valence-electron chi connectivity index (χ2n) is 8.25. The van der Waals surface area contributed by atoms with Crippen LogP contribution in [0.4, 0.5) is 5.95 Å². The van der Waals surface area contributed by atoms with Gasteiger partial charge in [0, 0.05) is 38.8 Å². The molecule has 190 valence electrons. The van der Waals surface area contributed by atoms with Gasteiger partial charge in [-0.3, -0.25) is 19.5 Å². The molecule has 0 aliphatic heterocycles. The second-order valence-corrected chi connectivity index (χ2v) is 8.25. The Hall–Kier alpha value is -3.92. The molecule has 0 spiro atoms. The third-order valence-corrected chi connectivity index (χ3v) is 5.91. The van der Waals surface area contributed by atoms with Crippen LogP contribution in [0.1, 0.15) is 26.2 Å². The maximum atomic E-state index is 13.0. The van der Waals surface area contributed by atoms with Crippen LogP contribution >= 0.6 is 0 Å². The van der Waals surface area contributed by atoms with Crippen molar-refractivity contribution in [2.24, 2.45) is 0 Å². The molecule has 2 aromatic heterocycles. The maximum absolute atomic E-state index is 13.0. The van der Waals surface area contributed by atoms with Crippen molar-refractivity contribution in [2.45, 2.75) is 39.3 Å². The van der Waals surface area contributed by atoms with E-state index in [9.17, 15) is 9.59 Å². The molecule has 0 atom stereocenters. The Balaban J connectivity index is 1.42. The van der Waals surface area contributed by atoms with Crippen LogP contribution in [0, 0.1) is 0 Å². The molecule has 0 saturated heterocycles. The number of para-hydroxylation sites is 2. The van der Waals surface area contributed by atoms with Gasteiger partial charge in [0.25, 0.3) is 5.56 Å². The molecule has 1 N–H and O–H groups in total. The first kappa shape index (κ1) is 25.2. The number of carbonyl (C=O) groups is 1. The fraction of sp³-hybridized carbons (Fsp3) is 0.385. The van der Waals surface area contributed by atoms with Crippen LogP contribution in [0.3, 0.4) is 0 Å². The molecule has 0 radical (unpaired) electrons. The Bertz CT molecular complexity index is 1410. The number of carbonyl (C=O) groups excluding carboxylic acids is 1. The van der Waals surface area contributed by atoms with Gasteiger partial charge in [-0.1, -0.05) is 12.1 Å². The lowest BCUT2D eigenvalue weighted by molar-refractivity contribution is -0.116. The number of aryl methyl sites for hydroxylation is 2. The van der Waals surface area contributed by atoms with Crippen molar-refractivity contribution in [3.05, 3.63) is 53.1 Å². The molecule has 0 saturated carbocycles. The molecule has 1 amide bonds. The third-order valence-electron chi connectivity index (χ3n) is 5.91. The van der Waals surface area contributed by atoms with Crippen molar-refractivity contribution in [3.63, 3.8) is 0 Å². The van der Waals surface area contributed by atoms with Gasteiger partial charge in [-0.25, -0.2) is 9.97 Å². The summed E-state index contributed by atoms with van der Waals surface area (Å²) in [4.78, 5) is 34.7. The van der Waals surface area contributed by atoms with Gasteiger partial charge in [0.2, 0.25) is 11.9 Å². The molecule has 4 rings (SSSR count). The number of fused-ring (bicyclic) bond motifs is 2. The number of ether oxygens (including phenoxy) is 3. The Morgan fingerprint density at radius 2 is 1.81 bits per heavy atom. The molecular weight excluding hydrogens is 462 g/mol. The number of anilines is 1. The first-order chi connectivity index (χ1) is 17.5. The summed E-state index contributed by atoms with van der Waals surface area (Å²) in [5, 5.41) is 3.37. The maximum Gasteiger partial charge on any atom is 0.261 e. The molecule has 2 aromatic carbocycles. The summed E-state index contributed by atoms with van der Waals surface area (Å²) in [6.07, 6.45) is 3.01. The summed E-state index contributed by atoms with van der Waals surface area (Å²) < 4.78 is 19.6. The van der Waals surface area contributed by atoms with E-state index >= 15 is 0 Å². The average Bonchev–Trinajstić information content (AvgIpc) is 3.24. The smallest absolute Gasteiger partial charge is 0.261 e. The minimum Gasteiger partial charge on any atom is -0.493 e. The van der Waals surface area contributed by atoms with Crippen molar-refractivity contribution >= 4 is 33.8 Å². The monoisotopic (exact) mass is 493 g/mol. The molecule has 2 heterocycles. The van der Waals surface area contributed by atoms with Crippen LogP contribution in [0.15, 0.2) is 47.5 Å². The van der Waals surface area contributed by atoms with Gasteiger partial charge in [0.1, 0.15) is 0 Å². The number of amides is 1. The predicted molar refractivity (Wildman–Crippen MR) is 138 cm³/mol. The number of nitrogens with one attached hydrogen (secondary N) is 1. The van der Waals surface area contributed by atoms with Gasteiger partial charge >= 0.3 is 0 Å². The van der Waals surface area contributed by atoms with E-state index in [4.69, 9.17) is 14.2 Å². The number of hydrogen-bond acceptors (Lipinski definition) is 7. The Labute approximate surface area is 208 Å². The highest BCUT2D eigenvalue weighted by Crippen LogP contribution is 2.29. The summed E-state index contributed by atoms with van der Waals surface area (Å²) in [6, 6.07) is 11.1. The van der Waals surface area contributed by atoms with Crippen LogP contribution in [0.5, 0.6) is 11.5 Å². The van der Waals surface area contributed by atoms with Gasteiger partial charge in [-0.15, -0.1) is 0 Å². The van der Waals surface area contributed by atoms with E-state index in [2.05, 4.69) is 15.3 Å². The molecule has 0 aliphatic rings. The van der Waals surface area contributed by atoms with Crippen molar-refractivity contribution in [2.75, 3.05) is 32.8 Å². The summed E-state index contributed by atoms with van der Waals surface area (Å²) in [6.45, 7) is 4.32. The summed E-state index contributed by atoms with van der Waals surface area (Å²) in [7, 11) is 3.05. The summed E-state index contributed by atoms with van der Waals surface area (Å²) in [5.41, 5.74) is 2.11. The lowest BCUT2D eigenvalue weighted by Crippen LogP contribution is -2.22. The van der Waals surface area contributed by atoms with E-state index in [0.717, 1.165) is 17.5 Å². The van der Waals surface area contributed by atoms with E-state index < -0.39 is 0 Å². The number of benzene rings is 2. The van der Waals surface area contributed by atoms with Gasteiger partial charge in [-0.2, -0.15) is 0 Å². The van der Waals surface area contributed by atoms with Crippen molar-refractivity contribution in [3.8, 4) is 11.5 Å². The molecule has 0 bridgehead atoms. The Kier molecular flexibility index (Phi) is 8.17. The fourth-order valence-electron chi connectivity index (χ4n) is 4.11. The van der Waals surface area contributed by atoms with E-state index in [1.807, 2.05) is 35.8 Å². The zero-order valence-electron chi connectivity index (χ0n) is 20.8. The highest BCUT2D eigenvalue weighted by Gasteiger charge is 2.14. The molecule has 36 heavy (non-hydrogen) atoms. The van der Waals surface area contributed by atoms with E-state index in [1.54, 1.807) is 12.1 Å². The number of hydrogen-bond donors (Lipinski definition) is 1. The lowest BCUT2D eigenvalue weighted by Gasteiger charge is -2.11. The summed E-state index contributed by atoms with van der Waals surface area (Å²) >= 11 is 0. The largest absolute Gasteiger partial charge is 0.493 e. The number of methoxy groups -OCH3 is 2. The van der Waals surface area contributed by atoms with Gasteiger partial charge in [0.05, 0.1) is 42.5 Å². The van der Waals surface area contributed by atoms with Gasteiger partial charge < -0.3 is 18.8 Å². The normalized spacial score (nSPS) is 11.2. The standard InChI is InChI=1S/C26H31N5O5/c1-4-36-14-8-13-31-21-10-6-5-9-19(21)28-26(31)29-24(32)11-7-12-30-17-27-20-16-23(35-3)22(34-2)15-18(20)25(30)33/h5-6,9-10,15-17H,4,7-8,11-14H2,1-3H3,(H,28,29,32). The quantitative estimate of drug-likeness (QED) is 0.300. The van der Waals surface area contributed by atoms with Gasteiger partial charge in [0.15, 0.2) is 11.5 Å². The number of aromatic nitrogens is 4. The number of rotatable bonds is 12. The molecule has 0 unspecified atom stereocenters. The van der Waals surface area contributed by atoms with Crippen molar-refractivity contribution in [1.29, 1.82) is 0 Å².